The van der Waals surface area contributed by atoms with Crippen LogP contribution in [0.25, 0.3) is 0 Å². The fourth-order valence-electron chi connectivity index (χ4n) is 2.46. The Morgan fingerprint density at radius 3 is 2.95 bits per heavy atom. The van der Waals surface area contributed by atoms with Crippen LogP contribution in [0.2, 0.25) is 5.02 Å². The molecule has 0 aromatic heterocycles. The second-order valence-electron chi connectivity index (χ2n) is 4.95. The molecular formula is C16H14BrClN2O. The molecule has 3 nitrogen and oxygen atoms in total. The van der Waals surface area contributed by atoms with E-state index in [9.17, 15) is 4.79 Å². The van der Waals surface area contributed by atoms with Crippen molar-refractivity contribution in [3.63, 3.8) is 0 Å². The van der Waals surface area contributed by atoms with E-state index >= 15 is 0 Å². The highest BCUT2D eigenvalue weighted by atomic mass is 79.9. The van der Waals surface area contributed by atoms with Crippen molar-refractivity contribution in [2.45, 2.75) is 13.0 Å². The number of hydrogen-bond donors (Lipinski definition) is 2. The van der Waals surface area contributed by atoms with Crippen LogP contribution in [0.3, 0.4) is 0 Å². The minimum atomic E-state index is -0.150. The van der Waals surface area contributed by atoms with Crippen molar-refractivity contribution in [1.29, 1.82) is 0 Å². The second kappa shape index (κ2) is 6.18. The van der Waals surface area contributed by atoms with Gasteiger partial charge in [0.1, 0.15) is 0 Å². The summed E-state index contributed by atoms with van der Waals surface area (Å²) >= 11 is 9.36. The predicted octanol–water partition coefficient (Wildman–Crippen LogP) is 4.00. The topological polar surface area (TPSA) is 41.1 Å². The van der Waals surface area contributed by atoms with Crippen LogP contribution in [0.4, 0.5) is 5.69 Å². The van der Waals surface area contributed by atoms with Gasteiger partial charge in [-0.1, -0.05) is 23.7 Å². The van der Waals surface area contributed by atoms with Gasteiger partial charge in [-0.2, -0.15) is 0 Å². The van der Waals surface area contributed by atoms with E-state index < -0.39 is 0 Å². The second-order valence-corrected chi connectivity index (χ2v) is 6.21. The smallest absolute Gasteiger partial charge is 0.255 e. The van der Waals surface area contributed by atoms with E-state index in [0.717, 1.165) is 29.7 Å². The summed E-state index contributed by atoms with van der Waals surface area (Å²) in [5.41, 5.74) is 3.87. The first-order valence-electron chi connectivity index (χ1n) is 6.73. The average molecular weight is 366 g/mol. The van der Waals surface area contributed by atoms with Gasteiger partial charge in [0.2, 0.25) is 0 Å². The van der Waals surface area contributed by atoms with E-state index in [-0.39, 0.29) is 5.91 Å². The summed E-state index contributed by atoms with van der Waals surface area (Å²) in [6, 6.07) is 11.2. The van der Waals surface area contributed by atoms with Crippen LogP contribution in [-0.2, 0) is 13.0 Å². The molecule has 1 amide bonds. The molecule has 0 spiro atoms. The average Bonchev–Trinajstić information content (AvgIpc) is 2.50. The summed E-state index contributed by atoms with van der Waals surface area (Å²) < 4.78 is 0.780. The van der Waals surface area contributed by atoms with Gasteiger partial charge in [0, 0.05) is 22.3 Å². The highest BCUT2D eigenvalue weighted by Crippen LogP contribution is 2.26. The fraction of sp³-hybridized carbons (Fsp3) is 0.188. The molecule has 2 aromatic carbocycles. The normalized spacial score (nSPS) is 13.6. The monoisotopic (exact) mass is 364 g/mol. The molecule has 3 rings (SSSR count). The van der Waals surface area contributed by atoms with Crippen LogP contribution in [0, 0.1) is 0 Å². The van der Waals surface area contributed by atoms with Gasteiger partial charge >= 0.3 is 0 Å². The standard InChI is InChI=1S/C16H14BrClN2O/c17-13-5-4-11(8-14(13)18)16(21)20-15-3-1-2-10-6-7-19-9-12(10)15/h1-5,8,19H,6-7,9H2,(H,20,21). The van der Waals surface area contributed by atoms with E-state index in [4.69, 9.17) is 11.6 Å². The third-order valence-corrected chi connectivity index (χ3v) is 4.81. The number of carbonyl (C=O) groups excluding carboxylic acids is 1. The van der Waals surface area contributed by atoms with Crippen LogP contribution in [0.5, 0.6) is 0 Å². The first kappa shape index (κ1) is 14.6. The molecule has 0 unspecified atom stereocenters. The maximum Gasteiger partial charge on any atom is 0.255 e. The van der Waals surface area contributed by atoms with E-state index in [1.807, 2.05) is 12.1 Å². The maximum absolute atomic E-state index is 12.4. The Hall–Kier alpha value is -1.36. The molecule has 0 atom stereocenters. The Morgan fingerprint density at radius 1 is 1.29 bits per heavy atom. The number of hydrogen-bond acceptors (Lipinski definition) is 2. The number of carbonyl (C=O) groups is 1. The number of fused-ring (bicyclic) bond motifs is 1. The van der Waals surface area contributed by atoms with Gasteiger partial charge in [-0.15, -0.1) is 0 Å². The molecule has 1 heterocycles. The largest absolute Gasteiger partial charge is 0.322 e. The molecule has 2 aromatic rings. The molecule has 1 aliphatic heterocycles. The number of nitrogens with one attached hydrogen (secondary N) is 2. The lowest BCUT2D eigenvalue weighted by atomic mass is 9.99. The molecule has 0 aliphatic carbocycles. The van der Waals surface area contributed by atoms with E-state index in [1.54, 1.807) is 18.2 Å². The van der Waals surface area contributed by atoms with Gasteiger partial charge in [0.05, 0.1) is 5.02 Å². The van der Waals surface area contributed by atoms with Crippen molar-refractivity contribution in [1.82, 2.24) is 5.32 Å². The van der Waals surface area contributed by atoms with Crippen molar-refractivity contribution >= 4 is 39.1 Å². The summed E-state index contributed by atoms with van der Waals surface area (Å²) in [5.74, 6) is -0.150. The third-order valence-electron chi connectivity index (χ3n) is 3.58. The van der Waals surface area contributed by atoms with Crippen molar-refractivity contribution in [3.8, 4) is 0 Å². The van der Waals surface area contributed by atoms with Crippen molar-refractivity contribution in [3.05, 3.63) is 62.6 Å². The highest BCUT2D eigenvalue weighted by molar-refractivity contribution is 9.10. The third kappa shape index (κ3) is 3.12. The summed E-state index contributed by atoms with van der Waals surface area (Å²) in [7, 11) is 0. The Morgan fingerprint density at radius 2 is 2.14 bits per heavy atom. The number of benzene rings is 2. The van der Waals surface area contributed by atoms with Gasteiger partial charge in [0.15, 0.2) is 0 Å². The van der Waals surface area contributed by atoms with Crippen molar-refractivity contribution in [2.24, 2.45) is 0 Å². The quantitative estimate of drug-likeness (QED) is 0.844. The van der Waals surface area contributed by atoms with Crippen LogP contribution in [0.1, 0.15) is 21.5 Å². The minimum Gasteiger partial charge on any atom is -0.322 e. The van der Waals surface area contributed by atoms with Crippen LogP contribution in [0.15, 0.2) is 40.9 Å². The fourth-order valence-corrected chi connectivity index (χ4v) is 2.89. The Bertz CT molecular complexity index is 703. The Kier molecular flexibility index (Phi) is 4.29. The Labute approximate surface area is 136 Å². The predicted molar refractivity (Wildman–Crippen MR) is 89.0 cm³/mol. The van der Waals surface area contributed by atoms with Crippen LogP contribution in [-0.4, -0.2) is 12.5 Å². The van der Waals surface area contributed by atoms with Gasteiger partial charge in [-0.05, 0) is 64.3 Å². The molecule has 0 saturated heterocycles. The summed E-state index contributed by atoms with van der Waals surface area (Å²) in [5, 5.41) is 6.84. The van der Waals surface area contributed by atoms with E-state index in [2.05, 4.69) is 32.6 Å². The highest BCUT2D eigenvalue weighted by Gasteiger charge is 2.15. The summed E-state index contributed by atoms with van der Waals surface area (Å²) in [6.45, 7) is 1.76. The molecule has 2 N–H and O–H groups in total. The molecule has 5 heteroatoms. The molecule has 21 heavy (non-hydrogen) atoms. The van der Waals surface area contributed by atoms with E-state index in [0.29, 0.717) is 10.6 Å². The molecule has 0 bridgehead atoms. The lowest BCUT2D eigenvalue weighted by Gasteiger charge is -2.20. The van der Waals surface area contributed by atoms with Gasteiger partial charge in [0.25, 0.3) is 5.91 Å². The number of amides is 1. The summed E-state index contributed by atoms with van der Waals surface area (Å²) in [4.78, 5) is 12.4. The first-order valence-corrected chi connectivity index (χ1v) is 7.90. The SMILES string of the molecule is O=C(Nc1cccc2c1CNCC2)c1ccc(Br)c(Cl)c1. The van der Waals surface area contributed by atoms with E-state index in [1.165, 1.54) is 11.1 Å². The van der Waals surface area contributed by atoms with Crippen molar-refractivity contribution < 1.29 is 4.79 Å². The molecule has 1 aliphatic rings. The summed E-state index contributed by atoms with van der Waals surface area (Å²) in [6.07, 6.45) is 0.989. The van der Waals surface area contributed by atoms with Gasteiger partial charge < -0.3 is 10.6 Å². The number of rotatable bonds is 2. The maximum atomic E-state index is 12.4. The lowest BCUT2D eigenvalue weighted by Crippen LogP contribution is -2.25. The van der Waals surface area contributed by atoms with Crippen LogP contribution < -0.4 is 10.6 Å². The number of anilines is 1. The van der Waals surface area contributed by atoms with Gasteiger partial charge in [-0.3, -0.25) is 4.79 Å². The molecule has 0 radical (unpaired) electrons. The number of halogens is 2. The zero-order valence-electron chi connectivity index (χ0n) is 11.2. The molecule has 0 saturated carbocycles. The Balaban J connectivity index is 1.86. The zero-order valence-corrected chi connectivity index (χ0v) is 13.6. The minimum absolute atomic E-state index is 0.150. The lowest BCUT2D eigenvalue weighted by molar-refractivity contribution is 0.102. The molecule has 108 valence electrons. The zero-order chi connectivity index (χ0) is 14.8. The van der Waals surface area contributed by atoms with Crippen LogP contribution >= 0.6 is 27.5 Å². The molecule has 0 fully saturated rings. The first-order chi connectivity index (χ1) is 10.1. The molecular weight excluding hydrogens is 352 g/mol. The van der Waals surface area contributed by atoms with Crippen molar-refractivity contribution in [2.75, 3.05) is 11.9 Å². The van der Waals surface area contributed by atoms with Gasteiger partial charge in [-0.25, -0.2) is 0 Å².